The Morgan fingerprint density at radius 3 is 1.23 bits per heavy atom. The van der Waals surface area contributed by atoms with E-state index in [4.69, 9.17) is 0 Å². The van der Waals surface area contributed by atoms with Gasteiger partial charge in [0.05, 0.1) is 0 Å². The maximum absolute atomic E-state index is 4.44. The molecule has 2 nitrogen and oxygen atoms in total. The Morgan fingerprint density at radius 2 is 0.767 bits per heavy atom. The van der Waals surface area contributed by atoms with Crippen LogP contribution in [0.4, 0.5) is 0 Å². The summed E-state index contributed by atoms with van der Waals surface area (Å²) in [6, 6.07) is 54.8. The molecule has 0 saturated carbocycles. The number of rotatable bonds is 5. The number of aromatic nitrogens is 2. The van der Waals surface area contributed by atoms with Gasteiger partial charge in [-0.3, -0.25) is 0 Å². The lowest BCUT2D eigenvalue weighted by atomic mass is 9.84. The van der Waals surface area contributed by atoms with E-state index in [0.29, 0.717) is 0 Å². The highest BCUT2D eigenvalue weighted by atomic mass is 14.9. The van der Waals surface area contributed by atoms with Crippen LogP contribution in [-0.2, 0) is 0 Å². The molecule has 0 fully saturated rings. The SMILES string of the molecule is c1ccc(-c2cc(-c3ccccc3)cc(-c3c4ccccc4c(-c4ccc(-c5ncc[nH]5)cc4)c4ccccc34)c2)cc1. The van der Waals surface area contributed by atoms with Gasteiger partial charge in [0.2, 0.25) is 0 Å². The molecule has 0 bridgehead atoms. The van der Waals surface area contributed by atoms with Gasteiger partial charge < -0.3 is 4.98 Å². The molecule has 0 aliphatic heterocycles. The van der Waals surface area contributed by atoms with Crippen molar-refractivity contribution in [1.29, 1.82) is 0 Å². The molecule has 0 amide bonds. The van der Waals surface area contributed by atoms with E-state index in [1.54, 1.807) is 6.20 Å². The minimum atomic E-state index is 0.879. The second-order valence-electron chi connectivity index (χ2n) is 10.9. The Bertz CT molecular complexity index is 2080. The number of aromatic amines is 1. The topological polar surface area (TPSA) is 28.7 Å². The van der Waals surface area contributed by atoms with E-state index in [9.17, 15) is 0 Å². The van der Waals surface area contributed by atoms with E-state index in [1.807, 2.05) is 6.20 Å². The van der Waals surface area contributed by atoms with Crippen molar-refractivity contribution in [2.75, 3.05) is 0 Å². The van der Waals surface area contributed by atoms with E-state index < -0.39 is 0 Å². The first-order chi connectivity index (χ1) is 21.3. The zero-order valence-electron chi connectivity index (χ0n) is 23.5. The lowest BCUT2D eigenvalue weighted by Gasteiger charge is -2.19. The predicted molar refractivity (Wildman–Crippen MR) is 181 cm³/mol. The second-order valence-corrected chi connectivity index (χ2v) is 10.9. The summed E-state index contributed by atoms with van der Waals surface area (Å²) >= 11 is 0. The Morgan fingerprint density at radius 1 is 0.349 bits per heavy atom. The second kappa shape index (κ2) is 10.6. The largest absolute Gasteiger partial charge is 0.345 e. The van der Waals surface area contributed by atoms with Gasteiger partial charge in [0, 0.05) is 18.0 Å². The van der Waals surface area contributed by atoms with E-state index in [0.717, 1.165) is 11.4 Å². The number of hydrogen-bond acceptors (Lipinski definition) is 1. The molecule has 8 rings (SSSR count). The first kappa shape index (κ1) is 25.0. The normalized spacial score (nSPS) is 11.3. The molecule has 2 heteroatoms. The van der Waals surface area contributed by atoms with Crippen molar-refractivity contribution in [1.82, 2.24) is 9.97 Å². The third kappa shape index (κ3) is 4.50. The third-order valence-electron chi connectivity index (χ3n) is 8.31. The highest BCUT2D eigenvalue weighted by Gasteiger charge is 2.18. The van der Waals surface area contributed by atoms with Gasteiger partial charge in [-0.1, -0.05) is 133 Å². The Labute approximate surface area is 251 Å². The van der Waals surface area contributed by atoms with Crippen LogP contribution in [0.1, 0.15) is 0 Å². The molecule has 1 aromatic heterocycles. The molecule has 1 N–H and O–H groups in total. The van der Waals surface area contributed by atoms with Gasteiger partial charge in [0.25, 0.3) is 0 Å². The van der Waals surface area contributed by atoms with Crippen molar-refractivity contribution in [3.63, 3.8) is 0 Å². The average molecular weight is 549 g/mol. The van der Waals surface area contributed by atoms with E-state index in [1.165, 1.54) is 66.1 Å². The summed E-state index contributed by atoms with van der Waals surface area (Å²) in [7, 11) is 0. The summed E-state index contributed by atoms with van der Waals surface area (Å²) in [5.74, 6) is 0.879. The highest BCUT2D eigenvalue weighted by molar-refractivity contribution is 6.21. The van der Waals surface area contributed by atoms with Crippen LogP contribution in [0.5, 0.6) is 0 Å². The highest BCUT2D eigenvalue weighted by Crippen LogP contribution is 2.45. The van der Waals surface area contributed by atoms with Gasteiger partial charge >= 0.3 is 0 Å². The van der Waals surface area contributed by atoms with Crippen LogP contribution in [0.3, 0.4) is 0 Å². The molecule has 0 spiro atoms. The molecule has 1 heterocycles. The molecule has 0 radical (unpaired) electrons. The molecule has 0 aliphatic carbocycles. The fourth-order valence-corrected chi connectivity index (χ4v) is 6.33. The Hall–Kier alpha value is -5.73. The quantitative estimate of drug-likeness (QED) is 0.213. The summed E-state index contributed by atoms with van der Waals surface area (Å²) < 4.78 is 0. The van der Waals surface area contributed by atoms with Crippen LogP contribution in [0, 0.1) is 0 Å². The predicted octanol–water partition coefficient (Wildman–Crippen LogP) is 11.1. The minimum Gasteiger partial charge on any atom is -0.345 e. The Kier molecular flexibility index (Phi) is 6.16. The van der Waals surface area contributed by atoms with Crippen molar-refractivity contribution in [3.8, 4) is 55.9 Å². The molecule has 8 aromatic rings. The van der Waals surface area contributed by atoms with E-state index in [2.05, 4.69) is 162 Å². The van der Waals surface area contributed by atoms with Gasteiger partial charge in [-0.25, -0.2) is 4.98 Å². The van der Waals surface area contributed by atoms with Crippen LogP contribution in [0.15, 0.2) is 164 Å². The fourth-order valence-electron chi connectivity index (χ4n) is 6.33. The molecule has 7 aromatic carbocycles. The summed E-state index contributed by atoms with van der Waals surface area (Å²) in [4.78, 5) is 7.66. The van der Waals surface area contributed by atoms with Crippen LogP contribution in [-0.4, -0.2) is 9.97 Å². The molecule has 0 aliphatic rings. The zero-order chi connectivity index (χ0) is 28.6. The summed E-state index contributed by atoms with van der Waals surface area (Å²) in [6.07, 6.45) is 3.65. The zero-order valence-corrected chi connectivity index (χ0v) is 23.5. The smallest absolute Gasteiger partial charge is 0.137 e. The molecule has 202 valence electrons. The minimum absolute atomic E-state index is 0.879. The maximum atomic E-state index is 4.44. The summed E-state index contributed by atoms with van der Waals surface area (Å²) in [6.45, 7) is 0. The van der Waals surface area contributed by atoms with Gasteiger partial charge in [0.1, 0.15) is 5.82 Å². The number of hydrogen-bond donors (Lipinski definition) is 1. The Balaban J connectivity index is 1.41. The van der Waals surface area contributed by atoms with Crippen molar-refractivity contribution >= 4 is 21.5 Å². The van der Waals surface area contributed by atoms with Crippen molar-refractivity contribution < 1.29 is 0 Å². The number of imidazole rings is 1. The van der Waals surface area contributed by atoms with Crippen LogP contribution in [0.25, 0.3) is 77.4 Å². The first-order valence-electron chi connectivity index (χ1n) is 14.6. The van der Waals surface area contributed by atoms with Gasteiger partial charge in [-0.15, -0.1) is 0 Å². The van der Waals surface area contributed by atoms with E-state index >= 15 is 0 Å². The monoisotopic (exact) mass is 548 g/mol. The molecule has 43 heavy (non-hydrogen) atoms. The van der Waals surface area contributed by atoms with Gasteiger partial charge in [-0.05, 0) is 84.3 Å². The fraction of sp³-hybridized carbons (Fsp3) is 0. The maximum Gasteiger partial charge on any atom is 0.137 e. The van der Waals surface area contributed by atoms with Gasteiger partial charge in [-0.2, -0.15) is 0 Å². The number of benzene rings is 7. The van der Waals surface area contributed by atoms with Gasteiger partial charge in [0.15, 0.2) is 0 Å². The molecule has 0 saturated heterocycles. The number of H-pyrrole nitrogens is 1. The van der Waals surface area contributed by atoms with Crippen LogP contribution < -0.4 is 0 Å². The average Bonchev–Trinajstić information content (AvgIpc) is 3.63. The third-order valence-corrected chi connectivity index (χ3v) is 8.31. The molecule has 0 atom stereocenters. The molecular formula is C41H28N2. The lowest BCUT2D eigenvalue weighted by Crippen LogP contribution is -1.92. The van der Waals surface area contributed by atoms with Crippen molar-refractivity contribution in [2.45, 2.75) is 0 Å². The number of nitrogens with one attached hydrogen (secondary N) is 1. The van der Waals surface area contributed by atoms with Crippen LogP contribution in [0.2, 0.25) is 0 Å². The number of nitrogens with zero attached hydrogens (tertiary/aromatic N) is 1. The van der Waals surface area contributed by atoms with Crippen LogP contribution >= 0.6 is 0 Å². The standard InChI is InChI=1S/C41H28N2/c1-3-11-28(12-4-1)32-25-33(29-13-5-2-6-14-29)27-34(26-32)40-37-17-9-7-15-35(37)39(36-16-8-10-18-38(36)40)30-19-21-31(22-20-30)41-42-23-24-43-41/h1-27H,(H,42,43). The van der Waals surface area contributed by atoms with Crippen molar-refractivity contribution in [3.05, 3.63) is 164 Å². The summed E-state index contributed by atoms with van der Waals surface area (Å²) in [5, 5.41) is 4.98. The lowest BCUT2D eigenvalue weighted by molar-refractivity contribution is 1.31. The molecular weight excluding hydrogens is 520 g/mol. The number of fused-ring (bicyclic) bond motifs is 2. The molecule has 0 unspecified atom stereocenters. The summed E-state index contributed by atoms with van der Waals surface area (Å²) in [5.41, 5.74) is 10.8. The van der Waals surface area contributed by atoms with E-state index in [-0.39, 0.29) is 0 Å². The van der Waals surface area contributed by atoms with Crippen molar-refractivity contribution in [2.24, 2.45) is 0 Å². The first-order valence-corrected chi connectivity index (χ1v) is 14.6.